The smallest absolute Gasteiger partial charge is 0.373 e. The number of rotatable bonds is 4. The number of nitrogens with zero attached hydrogens (tertiary/aromatic N) is 4. The summed E-state index contributed by atoms with van der Waals surface area (Å²) in [4.78, 5) is 21.3. The standard InChI is InChI=1S/C16H17BrN4O3/c17-12-5-7-13(8-6-12)24-16-14(21(22)23)15(18-11-19-16)20-9-3-1-2-4-10-20/h5-8,11H,1-4,9-10H2. The number of benzene rings is 1. The lowest BCUT2D eigenvalue weighted by Gasteiger charge is -2.21. The van der Waals surface area contributed by atoms with E-state index in [2.05, 4.69) is 25.9 Å². The number of nitro groups is 1. The minimum Gasteiger partial charge on any atom is -0.434 e. The van der Waals surface area contributed by atoms with Crippen LogP contribution >= 0.6 is 15.9 Å². The third kappa shape index (κ3) is 3.81. The van der Waals surface area contributed by atoms with E-state index >= 15 is 0 Å². The predicted molar refractivity (Wildman–Crippen MR) is 93.6 cm³/mol. The van der Waals surface area contributed by atoms with Crippen LogP contribution in [0.2, 0.25) is 0 Å². The number of aromatic nitrogens is 2. The molecule has 8 heteroatoms. The van der Waals surface area contributed by atoms with Gasteiger partial charge in [0.05, 0.1) is 4.92 Å². The quantitative estimate of drug-likeness (QED) is 0.569. The van der Waals surface area contributed by atoms with Crippen LogP contribution in [0.5, 0.6) is 11.6 Å². The Balaban J connectivity index is 1.95. The van der Waals surface area contributed by atoms with Crippen LogP contribution in [0.4, 0.5) is 11.5 Å². The maximum absolute atomic E-state index is 11.6. The topological polar surface area (TPSA) is 81.4 Å². The SMILES string of the molecule is O=[N+]([O-])c1c(Oc2ccc(Br)cc2)ncnc1N1CCCCCC1. The summed E-state index contributed by atoms with van der Waals surface area (Å²) < 4.78 is 6.55. The maximum atomic E-state index is 11.6. The molecule has 1 aliphatic heterocycles. The number of ether oxygens (including phenoxy) is 1. The van der Waals surface area contributed by atoms with Gasteiger partial charge in [0.15, 0.2) is 0 Å². The van der Waals surface area contributed by atoms with Crippen molar-refractivity contribution in [1.29, 1.82) is 0 Å². The summed E-state index contributed by atoms with van der Waals surface area (Å²) in [6.45, 7) is 1.52. The van der Waals surface area contributed by atoms with E-state index in [9.17, 15) is 10.1 Å². The van der Waals surface area contributed by atoms with Gasteiger partial charge in [-0.1, -0.05) is 28.8 Å². The summed E-state index contributed by atoms with van der Waals surface area (Å²) in [6, 6.07) is 7.05. The van der Waals surface area contributed by atoms with Crippen molar-refractivity contribution in [2.75, 3.05) is 18.0 Å². The van der Waals surface area contributed by atoms with Crippen molar-refractivity contribution >= 4 is 27.4 Å². The van der Waals surface area contributed by atoms with Crippen LogP contribution in [0, 0.1) is 10.1 Å². The first kappa shape index (κ1) is 16.6. The minimum absolute atomic E-state index is 0.0310. The highest BCUT2D eigenvalue weighted by atomic mass is 79.9. The summed E-state index contributed by atoms with van der Waals surface area (Å²) in [5, 5.41) is 11.6. The lowest BCUT2D eigenvalue weighted by molar-refractivity contribution is -0.385. The Bertz CT molecular complexity index is 716. The molecule has 0 unspecified atom stereocenters. The second-order valence-corrected chi connectivity index (χ2v) is 6.48. The van der Waals surface area contributed by atoms with Gasteiger partial charge in [-0.15, -0.1) is 0 Å². The average Bonchev–Trinajstić information content (AvgIpc) is 2.86. The molecule has 0 aliphatic carbocycles. The molecular weight excluding hydrogens is 376 g/mol. The fourth-order valence-electron chi connectivity index (χ4n) is 2.72. The molecule has 24 heavy (non-hydrogen) atoms. The first-order valence-corrected chi connectivity index (χ1v) is 8.62. The van der Waals surface area contributed by atoms with E-state index in [1.54, 1.807) is 24.3 Å². The van der Waals surface area contributed by atoms with E-state index < -0.39 is 4.92 Å². The number of anilines is 1. The Morgan fingerprint density at radius 1 is 1.08 bits per heavy atom. The lowest BCUT2D eigenvalue weighted by Crippen LogP contribution is -2.26. The van der Waals surface area contributed by atoms with Gasteiger partial charge in [0.2, 0.25) is 5.82 Å². The molecule has 1 saturated heterocycles. The maximum Gasteiger partial charge on any atom is 0.373 e. The van der Waals surface area contributed by atoms with Gasteiger partial charge in [0.25, 0.3) is 0 Å². The molecule has 2 heterocycles. The van der Waals surface area contributed by atoms with Gasteiger partial charge >= 0.3 is 11.6 Å². The molecule has 0 N–H and O–H groups in total. The van der Waals surface area contributed by atoms with Gasteiger partial charge in [-0.25, -0.2) is 4.98 Å². The Hall–Kier alpha value is -2.22. The van der Waals surface area contributed by atoms with Crippen LogP contribution in [0.25, 0.3) is 0 Å². The number of halogens is 1. The number of hydrogen-bond donors (Lipinski definition) is 0. The first-order valence-electron chi connectivity index (χ1n) is 7.83. The van der Waals surface area contributed by atoms with E-state index in [0.29, 0.717) is 11.6 Å². The Morgan fingerprint density at radius 2 is 1.75 bits per heavy atom. The van der Waals surface area contributed by atoms with E-state index in [1.807, 2.05) is 4.90 Å². The van der Waals surface area contributed by atoms with Gasteiger partial charge < -0.3 is 9.64 Å². The van der Waals surface area contributed by atoms with Crippen LogP contribution in [-0.2, 0) is 0 Å². The van der Waals surface area contributed by atoms with Crippen molar-refractivity contribution in [3.63, 3.8) is 0 Å². The first-order chi connectivity index (χ1) is 11.6. The molecule has 126 valence electrons. The molecule has 1 aromatic heterocycles. The predicted octanol–water partition coefficient (Wildman–Crippen LogP) is 4.32. The van der Waals surface area contributed by atoms with Crippen LogP contribution in [0.15, 0.2) is 35.1 Å². The zero-order valence-electron chi connectivity index (χ0n) is 13.0. The van der Waals surface area contributed by atoms with Crippen molar-refractivity contribution in [3.05, 3.63) is 45.2 Å². The summed E-state index contributed by atoms with van der Waals surface area (Å²) in [5.74, 6) is 0.794. The molecule has 0 atom stereocenters. The molecule has 7 nitrogen and oxygen atoms in total. The van der Waals surface area contributed by atoms with E-state index in [-0.39, 0.29) is 11.6 Å². The monoisotopic (exact) mass is 392 g/mol. The summed E-state index contributed by atoms with van der Waals surface area (Å²) in [6.07, 6.45) is 5.60. The van der Waals surface area contributed by atoms with Crippen LogP contribution < -0.4 is 9.64 Å². The summed E-state index contributed by atoms with van der Waals surface area (Å²) in [7, 11) is 0. The fourth-order valence-corrected chi connectivity index (χ4v) is 2.98. The van der Waals surface area contributed by atoms with Gasteiger partial charge in [0.1, 0.15) is 12.1 Å². The van der Waals surface area contributed by atoms with E-state index in [4.69, 9.17) is 4.74 Å². The van der Waals surface area contributed by atoms with Crippen molar-refractivity contribution in [3.8, 4) is 11.6 Å². The molecular formula is C16H17BrN4O3. The molecule has 0 radical (unpaired) electrons. The zero-order valence-corrected chi connectivity index (χ0v) is 14.6. The second-order valence-electron chi connectivity index (χ2n) is 5.57. The van der Waals surface area contributed by atoms with Gasteiger partial charge in [-0.3, -0.25) is 10.1 Å². The minimum atomic E-state index is -0.464. The van der Waals surface area contributed by atoms with Crippen LogP contribution in [0.3, 0.4) is 0 Å². The summed E-state index contributed by atoms with van der Waals surface area (Å²) in [5.41, 5.74) is -0.178. The van der Waals surface area contributed by atoms with Crippen LogP contribution in [0.1, 0.15) is 25.7 Å². The lowest BCUT2D eigenvalue weighted by atomic mass is 10.2. The average molecular weight is 393 g/mol. The molecule has 1 aliphatic rings. The van der Waals surface area contributed by atoms with Crippen molar-refractivity contribution in [2.24, 2.45) is 0 Å². The molecule has 0 amide bonds. The fraction of sp³-hybridized carbons (Fsp3) is 0.375. The van der Waals surface area contributed by atoms with Crippen molar-refractivity contribution in [2.45, 2.75) is 25.7 Å². The third-order valence-corrected chi connectivity index (χ3v) is 4.41. The largest absolute Gasteiger partial charge is 0.434 e. The van der Waals surface area contributed by atoms with E-state index in [1.165, 1.54) is 6.33 Å². The Kier molecular flexibility index (Phi) is 5.24. The molecule has 0 bridgehead atoms. The zero-order chi connectivity index (χ0) is 16.9. The molecule has 1 fully saturated rings. The van der Waals surface area contributed by atoms with Gasteiger partial charge in [-0.2, -0.15) is 4.98 Å². The van der Waals surface area contributed by atoms with Gasteiger partial charge in [0, 0.05) is 17.6 Å². The highest BCUT2D eigenvalue weighted by Crippen LogP contribution is 2.36. The molecule has 1 aromatic carbocycles. The molecule has 2 aromatic rings. The van der Waals surface area contributed by atoms with E-state index in [0.717, 1.165) is 43.2 Å². The van der Waals surface area contributed by atoms with Gasteiger partial charge in [-0.05, 0) is 37.1 Å². The normalized spacial score (nSPS) is 15.0. The highest BCUT2D eigenvalue weighted by molar-refractivity contribution is 9.10. The van der Waals surface area contributed by atoms with Crippen LogP contribution in [-0.4, -0.2) is 28.0 Å². The van der Waals surface area contributed by atoms with Crippen molar-refractivity contribution < 1.29 is 9.66 Å². The van der Waals surface area contributed by atoms with Crippen molar-refractivity contribution in [1.82, 2.24) is 9.97 Å². The number of hydrogen-bond acceptors (Lipinski definition) is 6. The molecule has 0 saturated carbocycles. The Morgan fingerprint density at radius 3 is 2.38 bits per heavy atom. The molecule has 3 rings (SSSR count). The highest BCUT2D eigenvalue weighted by Gasteiger charge is 2.29. The molecule has 0 spiro atoms. The second kappa shape index (κ2) is 7.57. The third-order valence-electron chi connectivity index (χ3n) is 3.89. The Labute approximate surface area is 148 Å². The summed E-state index contributed by atoms with van der Waals surface area (Å²) >= 11 is 3.34.